The van der Waals surface area contributed by atoms with Crippen LogP contribution in [0.1, 0.15) is 50.0 Å². The molecule has 0 saturated carbocycles. The van der Waals surface area contributed by atoms with Crippen LogP contribution >= 0.6 is 0 Å². The molecule has 2 heteroatoms. The first-order valence-corrected chi connectivity index (χ1v) is 5.71. The molecule has 0 bridgehead atoms. The lowest BCUT2D eigenvalue weighted by molar-refractivity contribution is 0.366. The molecule has 1 aliphatic heterocycles. The number of rotatable bonds is 4. The number of nitrogens with one attached hydrogen (secondary N) is 1. The molecule has 1 N–H and O–H groups in total. The molecule has 0 amide bonds. The van der Waals surface area contributed by atoms with Gasteiger partial charge < -0.3 is 9.73 Å². The molecule has 1 aliphatic rings. The summed E-state index contributed by atoms with van der Waals surface area (Å²) in [5.74, 6) is 1.19. The molecule has 0 saturated heterocycles. The van der Waals surface area contributed by atoms with Crippen molar-refractivity contribution in [1.29, 1.82) is 0 Å². The van der Waals surface area contributed by atoms with E-state index in [4.69, 9.17) is 4.42 Å². The van der Waals surface area contributed by atoms with E-state index in [0.29, 0.717) is 6.04 Å². The van der Waals surface area contributed by atoms with Gasteiger partial charge in [-0.2, -0.15) is 0 Å². The van der Waals surface area contributed by atoms with Gasteiger partial charge in [0.15, 0.2) is 0 Å². The summed E-state index contributed by atoms with van der Waals surface area (Å²) in [5.41, 5.74) is 1.41. The van der Waals surface area contributed by atoms with E-state index >= 15 is 0 Å². The number of hydrogen-bond donors (Lipinski definition) is 1. The minimum atomic E-state index is 0.472. The van der Waals surface area contributed by atoms with Crippen LogP contribution in [-0.2, 0) is 6.42 Å². The molecule has 14 heavy (non-hydrogen) atoms. The molecule has 0 spiro atoms. The zero-order valence-electron chi connectivity index (χ0n) is 8.88. The Labute approximate surface area is 85.7 Å². The SMILES string of the molecule is CCCCCC1NCCc2ccoc21. The van der Waals surface area contributed by atoms with Gasteiger partial charge in [0, 0.05) is 0 Å². The van der Waals surface area contributed by atoms with Gasteiger partial charge in [0.2, 0.25) is 0 Å². The second-order valence-corrected chi connectivity index (χ2v) is 4.06. The quantitative estimate of drug-likeness (QED) is 0.743. The summed E-state index contributed by atoms with van der Waals surface area (Å²) < 4.78 is 5.54. The zero-order chi connectivity index (χ0) is 9.80. The van der Waals surface area contributed by atoms with Crippen LogP contribution in [0.25, 0.3) is 0 Å². The molecule has 0 aliphatic carbocycles. The molecular weight excluding hydrogens is 174 g/mol. The van der Waals surface area contributed by atoms with Crippen LogP contribution in [0.3, 0.4) is 0 Å². The Morgan fingerprint density at radius 2 is 2.43 bits per heavy atom. The second-order valence-electron chi connectivity index (χ2n) is 4.06. The van der Waals surface area contributed by atoms with Crippen molar-refractivity contribution in [3.8, 4) is 0 Å². The van der Waals surface area contributed by atoms with Gasteiger partial charge in [0.05, 0.1) is 12.3 Å². The van der Waals surface area contributed by atoms with Crippen LogP contribution in [0.2, 0.25) is 0 Å². The Morgan fingerprint density at radius 3 is 3.29 bits per heavy atom. The van der Waals surface area contributed by atoms with Crippen molar-refractivity contribution in [2.75, 3.05) is 6.54 Å². The van der Waals surface area contributed by atoms with Crippen molar-refractivity contribution < 1.29 is 4.42 Å². The van der Waals surface area contributed by atoms with Crippen molar-refractivity contribution in [2.45, 2.75) is 45.1 Å². The molecule has 2 rings (SSSR count). The average Bonchev–Trinajstić information content (AvgIpc) is 2.67. The van der Waals surface area contributed by atoms with Crippen LogP contribution in [-0.4, -0.2) is 6.54 Å². The minimum Gasteiger partial charge on any atom is -0.467 e. The Balaban J connectivity index is 1.94. The van der Waals surface area contributed by atoms with Gasteiger partial charge >= 0.3 is 0 Å². The van der Waals surface area contributed by atoms with Gasteiger partial charge in [0.25, 0.3) is 0 Å². The zero-order valence-corrected chi connectivity index (χ0v) is 8.88. The number of hydrogen-bond acceptors (Lipinski definition) is 2. The normalized spacial score (nSPS) is 20.8. The second kappa shape index (κ2) is 4.65. The molecule has 78 valence electrons. The summed E-state index contributed by atoms with van der Waals surface area (Å²) in [5, 5.41) is 3.53. The first-order valence-electron chi connectivity index (χ1n) is 5.71. The predicted octanol–water partition coefficient (Wildman–Crippen LogP) is 3.05. The molecule has 1 unspecified atom stereocenters. The minimum absolute atomic E-state index is 0.472. The van der Waals surface area contributed by atoms with E-state index in [2.05, 4.69) is 18.3 Å². The first-order chi connectivity index (χ1) is 6.92. The van der Waals surface area contributed by atoms with Crippen molar-refractivity contribution in [3.05, 3.63) is 23.7 Å². The highest BCUT2D eigenvalue weighted by Gasteiger charge is 2.21. The Kier molecular flexibility index (Phi) is 3.25. The molecule has 0 fully saturated rings. The third-order valence-electron chi connectivity index (χ3n) is 2.98. The van der Waals surface area contributed by atoms with Crippen molar-refractivity contribution >= 4 is 0 Å². The highest BCUT2D eigenvalue weighted by molar-refractivity contribution is 5.23. The van der Waals surface area contributed by atoms with E-state index in [1.54, 1.807) is 0 Å². The maximum atomic E-state index is 5.54. The third kappa shape index (κ3) is 2.01. The van der Waals surface area contributed by atoms with Crippen molar-refractivity contribution in [2.24, 2.45) is 0 Å². The smallest absolute Gasteiger partial charge is 0.123 e. The summed E-state index contributed by atoms with van der Waals surface area (Å²) in [6.45, 7) is 3.34. The lowest BCUT2D eigenvalue weighted by atomic mass is 9.98. The van der Waals surface area contributed by atoms with Gasteiger partial charge in [-0.05, 0) is 31.0 Å². The van der Waals surface area contributed by atoms with Crippen LogP contribution in [0.4, 0.5) is 0 Å². The number of furan rings is 1. The van der Waals surface area contributed by atoms with Crippen molar-refractivity contribution in [3.63, 3.8) is 0 Å². The summed E-state index contributed by atoms with van der Waals surface area (Å²) in [7, 11) is 0. The molecule has 1 atom stereocenters. The number of fused-ring (bicyclic) bond motifs is 1. The van der Waals surface area contributed by atoms with E-state index in [1.165, 1.54) is 37.0 Å². The monoisotopic (exact) mass is 193 g/mol. The molecule has 2 nitrogen and oxygen atoms in total. The third-order valence-corrected chi connectivity index (χ3v) is 2.98. The summed E-state index contributed by atoms with van der Waals surface area (Å²) in [4.78, 5) is 0. The van der Waals surface area contributed by atoms with Gasteiger partial charge in [-0.3, -0.25) is 0 Å². The van der Waals surface area contributed by atoms with Crippen molar-refractivity contribution in [1.82, 2.24) is 5.32 Å². The largest absolute Gasteiger partial charge is 0.467 e. The highest BCUT2D eigenvalue weighted by atomic mass is 16.3. The summed E-state index contributed by atoms with van der Waals surface area (Å²) >= 11 is 0. The fourth-order valence-corrected chi connectivity index (χ4v) is 2.17. The summed E-state index contributed by atoms with van der Waals surface area (Å²) in [6.07, 6.45) is 8.08. The van der Waals surface area contributed by atoms with E-state index in [9.17, 15) is 0 Å². The fourth-order valence-electron chi connectivity index (χ4n) is 2.17. The van der Waals surface area contributed by atoms with Crippen LogP contribution in [0, 0.1) is 0 Å². The predicted molar refractivity (Wildman–Crippen MR) is 57.3 cm³/mol. The van der Waals surface area contributed by atoms with E-state index in [0.717, 1.165) is 13.0 Å². The van der Waals surface area contributed by atoms with Crippen LogP contribution in [0.5, 0.6) is 0 Å². The Hall–Kier alpha value is -0.760. The van der Waals surface area contributed by atoms with Gasteiger partial charge in [-0.15, -0.1) is 0 Å². The van der Waals surface area contributed by atoms with E-state index in [-0.39, 0.29) is 0 Å². The first kappa shape index (κ1) is 9.78. The van der Waals surface area contributed by atoms with Gasteiger partial charge in [0.1, 0.15) is 5.76 Å². The average molecular weight is 193 g/mol. The van der Waals surface area contributed by atoms with E-state index in [1.807, 2.05) is 6.26 Å². The van der Waals surface area contributed by atoms with E-state index < -0.39 is 0 Å². The molecule has 1 aromatic rings. The van der Waals surface area contributed by atoms with Gasteiger partial charge in [-0.25, -0.2) is 0 Å². The van der Waals surface area contributed by atoms with Crippen LogP contribution in [0.15, 0.2) is 16.7 Å². The maximum Gasteiger partial charge on any atom is 0.123 e. The Bertz CT molecular complexity index is 280. The summed E-state index contributed by atoms with van der Waals surface area (Å²) in [6, 6.07) is 2.59. The molecule has 0 aromatic carbocycles. The standard InChI is InChI=1S/C12H19NO/c1-2-3-4-5-11-12-10(6-8-13-11)7-9-14-12/h7,9,11,13H,2-6,8H2,1H3. The molecule has 0 radical (unpaired) electrons. The number of unbranched alkanes of at least 4 members (excludes halogenated alkanes) is 2. The molecule has 2 heterocycles. The lowest BCUT2D eigenvalue weighted by Gasteiger charge is -2.22. The topological polar surface area (TPSA) is 25.2 Å². The van der Waals surface area contributed by atoms with Gasteiger partial charge in [-0.1, -0.05) is 26.2 Å². The van der Waals surface area contributed by atoms with Crippen LogP contribution < -0.4 is 5.32 Å². The fraction of sp³-hybridized carbons (Fsp3) is 0.667. The highest BCUT2D eigenvalue weighted by Crippen LogP contribution is 2.27. The molecular formula is C12H19NO. The lowest BCUT2D eigenvalue weighted by Crippen LogP contribution is -2.28. The Morgan fingerprint density at radius 1 is 1.50 bits per heavy atom. The molecule has 1 aromatic heterocycles. The maximum absolute atomic E-state index is 5.54.